The van der Waals surface area contributed by atoms with Gasteiger partial charge in [0.2, 0.25) is 11.8 Å². The molecule has 1 aliphatic heterocycles. The molecule has 0 saturated carbocycles. The number of nitrogens with two attached hydrogens (primary N) is 1. The van der Waals surface area contributed by atoms with Gasteiger partial charge in [0.15, 0.2) is 0 Å². The van der Waals surface area contributed by atoms with E-state index in [4.69, 9.17) is 5.73 Å². The number of carbonyl (C=O) groups excluding carboxylic acids is 2. The smallest absolute Gasteiger partial charge is 0.245 e. The Hall–Kier alpha value is -2.08. The van der Waals surface area contributed by atoms with Gasteiger partial charge in [-0.1, -0.05) is 19.1 Å². The molecule has 2 amide bonds. The molecule has 3 N–H and O–H groups in total. The number of rotatable bonds is 5. The van der Waals surface area contributed by atoms with Crippen LogP contribution in [0.25, 0.3) is 0 Å². The molecule has 1 aromatic carbocycles. The number of hydrogen-bond acceptors (Lipinski definition) is 4. The maximum absolute atomic E-state index is 12.8. The van der Waals surface area contributed by atoms with Crippen LogP contribution in [0.3, 0.4) is 0 Å². The van der Waals surface area contributed by atoms with E-state index in [9.17, 15) is 9.59 Å². The molecule has 1 heterocycles. The van der Waals surface area contributed by atoms with E-state index in [0.29, 0.717) is 31.6 Å². The summed E-state index contributed by atoms with van der Waals surface area (Å²) < 4.78 is 0. The summed E-state index contributed by atoms with van der Waals surface area (Å²) in [4.78, 5) is 28.6. The minimum absolute atomic E-state index is 0.00303. The van der Waals surface area contributed by atoms with Crippen molar-refractivity contribution in [3.05, 3.63) is 29.8 Å². The van der Waals surface area contributed by atoms with Gasteiger partial charge in [-0.3, -0.25) is 9.59 Å². The number of piperazine rings is 1. The summed E-state index contributed by atoms with van der Waals surface area (Å²) in [5.74, 6) is -0.107. The van der Waals surface area contributed by atoms with Crippen LogP contribution in [0.1, 0.15) is 18.9 Å². The zero-order valence-electron chi connectivity index (χ0n) is 13.9. The highest BCUT2D eigenvalue weighted by molar-refractivity contribution is 5.88. The molecule has 0 aliphatic carbocycles. The molecule has 126 valence electrons. The highest BCUT2D eigenvalue weighted by Gasteiger charge is 2.27. The van der Waals surface area contributed by atoms with E-state index in [1.165, 1.54) is 0 Å². The van der Waals surface area contributed by atoms with Crippen molar-refractivity contribution in [2.24, 2.45) is 0 Å². The third-order valence-corrected chi connectivity index (χ3v) is 4.19. The second kappa shape index (κ2) is 7.97. The van der Waals surface area contributed by atoms with E-state index in [1.54, 1.807) is 6.92 Å². The van der Waals surface area contributed by atoms with Crippen LogP contribution in [0.4, 0.5) is 5.69 Å². The molecule has 1 aromatic rings. The van der Waals surface area contributed by atoms with Gasteiger partial charge in [-0.05, 0) is 24.7 Å². The summed E-state index contributed by atoms with van der Waals surface area (Å²) in [5.41, 5.74) is 7.38. The second-order valence-electron chi connectivity index (χ2n) is 6.05. The highest BCUT2D eigenvalue weighted by atomic mass is 16.2. The Balaban J connectivity index is 2.07. The first-order valence-electron chi connectivity index (χ1n) is 8.10. The predicted molar refractivity (Wildman–Crippen MR) is 90.9 cm³/mol. The standard InChI is InChI=1S/C17H26N4O2/c1-3-16(22)19-15(12-13-4-6-14(18)7-5-13)17(23)21-10-8-20(2)9-11-21/h4-7,15H,3,8-12,18H2,1-2H3,(H,19,22). The minimum atomic E-state index is -0.519. The van der Waals surface area contributed by atoms with Crippen molar-refractivity contribution >= 4 is 17.5 Å². The lowest BCUT2D eigenvalue weighted by Gasteiger charge is -2.34. The Morgan fingerprint density at radius 1 is 1.17 bits per heavy atom. The Kier molecular flexibility index (Phi) is 5.98. The number of hydrogen-bond donors (Lipinski definition) is 2. The topological polar surface area (TPSA) is 78.7 Å². The van der Waals surface area contributed by atoms with Crippen molar-refractivity contribution in [2.45, 2.75) is 25.8 Å². The van der Waals surface area contributed by atoms with E-state index in [2.05, 4.69) is 10.2 Å². The van der Waals surface area contributed by atoms with Crippen molar-refractivity contribution in [1.29, 1.82) is 0 Å². The largest absolute Gasteiger partial charge is 0.399 e. The molecular formula is C17H26N4O2. The Bertz CT molecular complexity index is 536. The molecule has 1 saturated heterocycles. The quantitative estimate of drug-likeness (QED) is 0.774. The van der Waals surface area contributed by atoms with Gasteiger partial charge in [-0.15, -0.1) is 0 Å². The number of benzene rings is 1. The fraction of sp³-hybridized carbons (Fsp3) is 0.529. The van der Waals surface area contributed by atoms with Crippen LogP contribution in [0.15, 0.2) is 24.3 Å². The molecule has 6 nitrogen and oxygen atoms in total. The lowest BCUT2D eigenvalue weighted by Crippen LogP contribution is -2.54. The summed E-state index contributed by atoms with van der Waals surface area (Å²) >= 11 is 0. The number of nitrogens with one attached hydrogen (secondary N) is 1. The Morgan fingerprint density at radius 2 is 1.78 bits per heavy atom. The number of nitrogens with zero attached hydrogens (tertiary/aromatic N) is 2. The molecule has 0 aromatic heterocycles. The number of amides is 2. The summed E-state index contributed by atoms with van der Waals surface area (Å²) in [6, 6.07) is 6.91. The molecule has 0 spiro atoms. The van der Waals surface area contributed by atoms with Gasteiger partial charge in [0.25, 0.3) is 0 Å². The van der Waals surface area contributed by atoms with E-state index in [0.717, 1.165) is 18.7 Å². The van der Waals surface area contributed by atoms with Crippen molar-refractivity contribution in [1.82, 2.24) is 15.1 Å². The van der Waals surface area contributed by atoms with Gasteiger partial charge < -0.3 is 20.9 Å². The van der Waals surface area contributed by atoms with E-state index < -0.39 is 6.04 Å². The van der Waals surface area contributed by atoms with Crippen molar-refractivity contribution in [3.8, 4) is 0 Å². The van der Waals surface area contributed by atoms with Gasteiger partial charge >= 0.3 is 0 Å². The first-order chi connectivity index (χ1) is 11.0. The molecule has 1 atom stereocenters. The number of anilines is 1. The maximum Gasteiger partial charge on any atom is 0.245 e. The molecule has 0 radical (unpaired) electrons. The highest BCUT2D eigenvalue weighted by Crippen LogP contribution is 2.11. The minimum Gasteiger partial charge on any atom is -0.399 e. The first kappa shape index (κ1) is 17.3. The lowest BCUT2D eigenvalue weighted by atomic mass is 10.0. The van der Waals surface area contributed by atoms with E-state index in [1.807, 2.05) is 36.2 Å². The molecular weight excluding hydrogens is 292 g/mol. The molecule has 6 heteroatoms. The maximum atomic E-state index is 12.8. The number of carbonyl (C=O) groups is 2. The predicted octanol–water partition coefficient (Wildman–Crippen LogP) is 0.480. The van der Waals surface area contributed by atoms with Crippen LogP contribution in [0.2, 0.25) is 0 Å². The van der Waals surface area contributed by atoms with Crippen LogP contribution in [-0.2, 0) is 16.0 Å². The van der Waals surface area contributed by atoms with Gasteiger partial charge in [-0.25, -0.2) is 0 Å². The zero-order chi connectivity index (χ0) is 16.8. The fourth-order valence-corrected chi connectivity index (χ4v) is 2.63. The average Bonchev–Trinajstić information content (AvgIpc) is 2.56. The first-order valence-corrected chi connectivity index (χ1v) is 8.10. The Morgan fingerprint density at radius 3 is 2.35 bits per heavy atom. The van der Waals surface area contributed by atoms with Gasteiger partial charge in [0.1, 0.15) is 6.04 Å². The number of likely N-dealkylation sites (N-methyl/N-ethyl adjacent to an activating group) is 1. The molecule has 1 aliphatic rings. The Labute approximate surface area is 137 Å². The van der Waals surface area contributed by atoms with E-state index in [-0.39, 0.29) is 11.8 Å². The SMILES string of the molecule is CCC(=O)NC(Cc1ccc(N)cc1)C(=O)N1CCN(C)CC1. The van der Waals surface area contributed by atoms with Crippen LogP contribution >= 0.6 is 0 Å². The summed E-state index contributed by atoms with van der Waals surface area (Å²) in [5, 5.41) is 2.86. The molecule has 23 heavy (non-hydrogen) atoms. The lowest BCUT2D eigenvalue weighted by molar-refractivity contribution is -0.137. The monoisotopic (exact) mass is 318 g/mol. The molecule has 1 unspecified atom stereocenters. The fourth-order valence-electron chi connectivity index (χ4n) is 2.63. The normalized spacial score (nSPS) is 16.9. The van der Waals surface area contributed by atoms with Crippen LogP contribution < -0.4 is 11.1 Å². The third-order valence-electron chi connectivity index (χ3n) is 4.19. The van der Waals surface area contributed by atoms with Gasteiger partial charge in [0.05, 0.1) is 0 Å². The van der Waals surface area contributed by atoms with Crippen molar-refractivity contribution < 1.29 is 9.59 Å². The molecule has 0 bridgehead atoms. The van der Waals surface area contributed by atoms with Crippen LogP contribution in [0, 0.1) is 0 Å². The van der Waals surface area contributed by atoms with Crippen molar-refractivity contribution in [3.63, 3.8) is 0 Å². The summed E-state index contributed by atoms with van der Waals surface area (Å²) in [6.45, 7) is 4.92. The van der Waals surface area contributed by atoms with Crippen LogP contribution in [0.5, 0.6) is 0 Å². The summed E-state index contributed by atoms with van der Waals surface area (Å²) in [7, 11) is 2.05. The zero-order valence-corrected chi connectivity index (χ0v) is 13.9. The van der Waals surface area contributed by atoms with Crippen molar-refractivity contribution in [2.75, 3.05) is 39.0 Å². The third kappa shape index (κ3) is 4.96. The van der Waals surface area contributed by atoms with Gasteiger partial charge in [0, 0.05) is 44.7 Å². The number of nitrogen functional groups attached to an aromatic ring is 1. The second-order valence-corrected chi connectivity index (χ2v) is 6.05. The summed E-state index contributed by atoms with van der Waals surface area (Å²) in [6.07, 6.45) is 0.853. The van der Waals surface area contributed by atoms with Gasteiger partial charge in [-0.2, -0.15) is 0 Å². The molecule has 1 fully saturated rings. The molecule has 2 rings (SSSR count). The average molecular weight is 318 g/mol. The van der Waals surface area contributed by atoms with Crippen LogP contribution in [-0.4, -0.2) is 60.9 Å². The van der Waals surface area contributed by atoms with E-state index >= 15 is 0 Å².